The second-order valence-electron chi connectivity index (χ2n) is 2.96. The van der Waals surface area contributed by atoms with Crippen molar-refractivity contribution < 1.29 is 19.5 Å². The molecular weight excluding hydrogens is 198 g/mol. The van der Waals surface area contributed by atoms with Gasteiger partial charge in [0.05, 0.1) is 13.5 Å². The normalized spacial score (nSPS) is 12.1. The van der Waals surface area contributed by atoms with Gasteiger partial charge in [0.1, 0.15) is 11.9 Å². The average Bonchev–Trinajstić information content (AvgIpc) is 2.26. The predicted molar refractivity (Wildman–Crippen MR) is 52.8 cm³/mol. The first-order valence-corrected chi connectivity index (χ1v) is 4.39. The fraction of sp³-hybridized carbons (Fsp3) is 0.300. The van der Waals surface area contributed by atoms with E-state index in [2.05, 4.69) is 9.57 Å². The minimum atomic E-state index is -0.696. The van der Waals surface area contributed by atoms with Crippen LogP contribution in [0.5, 0.6) is 5.75 Å². The summed E-state index contributed by atoms with van der Waals surface area (Å²) >= 11 is 0. The van der Waals surface area contributed by atoms with E-state index < -0.39 is 12.1 Å². The molecule has 5 heteroatoms. The number of para-hydroxylation sites is 1. The van der Waals surface area contributed by atoms with Gasteiger partial charge in [-0.1, -0.05) is 18.2 Å². The Balaban J connectivity index is 2.83. The number of hydrogen-bond donors (Lipinski definition) is 2. The molecule has 0 fully saturated rings. The lowest BCUT2D eigenvalue weighted by Crippen LogP contribution is -2.15. The number of esters is 1. The van der Waals surface area contributed by atoms with Crippen LogP contribution in [0.15, 0.2) is 24.3 Å². The number of hydrogen-bond acceptors (Lipinski definition) is 5. The largest absolute Gasteiger partial charge is 0.508 e. The van der Waals surface area contributed by atoms with E-state index in [1.807, 2.05) is 0 Å². The van der Waals surface area contributed by atoms with Gasteiger partial charge < -0.3 is 9.84 Å². The van der Waals surface area contributed by atoms with Crippen molar-refractivity contribution in [3.63, 3.8) is 0 Å². The molecule has 0 aliphatic carbocycles. The van der Waals surface area contributed by atoms with Crippen LogP contribution in [0.1, 0.15) is 18.1 Å². The second kappa shape index (κ2) is 5.33. The monoisotopic (exact) mass is 211 g/mol. The maximum absolute atomic E-state index is 11.0. The molecule has 0 radical (unpaired) electrons. The summed E-state index contributed by atoms with van der Waals surface area (Å²) < 4.78 is 4.49. The number of methoxy groups -OCH3 is 1. The summed E-state index contributed by atoms with van der Waals surface area (Å²) in [6.45, 7) is 0. The molecule has 5 nitrogen and oxygen atoms in total. The average molecular weight is 211 g/mol. The van der Waals surface area contributed by atoms with Gasteiger partial charge in [-0.25, -0.2) is 5.90 Å². The number of rotatable bonds is 4. The third-order valence-electron chi connectivity index (χ3n) is 2.03. The molecule has 0 amide bonds. The lowest BCUT2D eigenvalue weighted by atomic mass is 10.1. The Morgan fingerprint density at radius 1 is 1.53 bits per heavy atom. The number of nitrogens with two attached hydrogens (primary N) is 1. The van der Waals surface area contributed by atoms with Crippen LogP contribution in [0.2, 0.25) is 0 Å². The fourth-order valence-corrected chi connectivity index (χ4v) is 1.23. The Labute approximate surface area is 87.4 Å². The molecule has 0 saturated heterocycles. The van der Waals surface area contributed by atoms with Crippen LogP contribution >= 0.6 is 0 Å². The fourth-order valence-electron chi connectivity index (χ4n) is 1.23. The highest BCUT2D eigenvalue weighted by molar-refractivity contribution is 5.70. The molecule has 1 atom stereocenters. The van der Waals surface area contributed by atoms with E-state index >= 15 is 0 Å². The summed E-state index contributed by atoms with van der Waals surface area (Å²) in [5.74, 6) is 4.65. The molecule has 1 aromatic carbocycles. The third kappa shape index (κ3) is 2.93. The maximum Gasteiger partial charge on any atom is 0.308 e. The maximum atomic E-state index is 11.0. The van der Waals surface area contributed by atoms with Gasteiger partial charge in [0.15, 0.2) is 0 Å². The minimum Gasteiger partial charge on any atom is -0.508 e. The quantitative estimate of drug-likeness (QED) is 0.570. The summed E-state index contributed by atoms with van der Waals surface area (Å²) in [5, 5.41) is 9.51. The lowest BCUT2D eigenvalue weighted by molar-refractivity contribution is -0.144. The standard InChI is InChI=1S/C10H13NO4/c1-14-10(13)6-9(15-11)7-4-2-3-5-8(7)12/h2-5,9,12H,6,11H2,1H3. The molecule has 0 aliphatic rings. The van der Waals surface area contributed by atoms with Crippen molar-refractivity contribution in [1.29, 1.82) is 0 Å². The van der Waals surface area contributed by atoms with Crippen molar-refractivity contribution in [3.8, 4) is 5.75 Å². The zero-order valence-electron chi connectivity index (χ0n) is 8.34. The van der Waals surface area contributed by atoms with Crippen molar-refractivity contribution in [3.05, 3.63) is 29.8 Å². The molecule has 82 valence electrons. The van der Waals surface area contributed by atoms with E-state index in [0.717, 1.165) is 0 Å². The first-order chi connectivity index (χ1) is 7.19. The van der Waals surface area contributed by atoms with Gasteiger partial charge in [-0.05, 0) is 6.07 Å². The number of aromatic hydroxyl groups is 1. The summed E-state index contributed by atoms with van der Waals surface area (Å²) in [5.41, 5.74) is 0.463. The second-order valence-corrected chi connectivity index (χ2v) is 2.96. The van der Waals surface area contributed by atoms with E-state index in [1.165, 1.54) is 13.2 Å². The Bertz CT molecular complexity index is 340. The van der Waals surface area contributed by atoms with Crippen molar-refractivity contribution in [2.45, 2.75) is 12.5 Å². The van der Waals surface area contributed by atoms with Crippen LogP contribution < -0.4 is 5.90 Å². The van der Waals surface area contributed by atoms with E-state index in [4.69, 9.17) is 5.90 Å². The highest BCUT2D eigenvalue weighted by atomic mass is 16.6. The highest BCUT2D eigenvalue weighted by Gasteiger charge is 2.19. The number of carbonyl (C=O) groups excluding carboxylic acids is 1. The number of phenolic OH excluding ortho intramolecular Hbond substituents is 1. The van der Waals surface area contributed by atoms with Crippen molar-refractivity contribution >= 4 is 5.97 Å². The van der Waals surface area contributed by atoms with E-state index in [0.29, 0.717) is 5.56 Å². The predicted octanol–water partition coefficient (Wildman–Crippen LogP) is 0.887. The summed E-state index contributed by atoms with van der Waals surface area (Å²) in [6, 6.07) is 6.53. The molecule has 0 bridgehead atoms. The van der Waals surface area contributed by atoms with E-state index in [-0.39, 0.29) is 12.2 Å². The van der Waals surface area contributed by atoms with Gasteiger partial charge in [-0.15, -0.1) is 0 Å². The smallest absolute Gasteiger partial charge is 0.308 e. The molecule has 0 aliphatic heterocycles. The third-order valence-corrected chi connectivity index (χ3v) is 2.03. The number of benzene rings is 1. The summed E-state index contributed by atoms with van der Waals surface area (Å²) in [7, 11) is 1.28. The Hall–Kier alpha value is -1.59. The van der Waals surface area contributed by atoms with Gasteiger partial charge in [-0.3, -0.25) is 9.63 Å². The molecule has 0 heterocycles. The topological polar surface area (TPSA) is 81.8 Å². The van der Waals surface area contributed by atoms with Crippen molar-refractivity contribution in [2.24, 2.45) is 5.90 Å². The van der Waals surface area contributed by atoms with Crippen molar-refractivity contribution in [2.75, 3.05) is 7.11 Å². The minimum absolute atomic E-state index is 0.0371. The van der Waals surface area contributed by atoms with E-state index in [1.54, 1.807) is 18.2 Å². The molecule has 0 spiro atoms. The first kappa shape index (κ1) is 11.5. The van der Waals surface area contributed by atoms with Gasteiger partial charge in [0, 0.05) is 5.56 Å². The van der Waals surface area contributed by atoms with Crippen LogP contribution in [0, 0.1) is 0 Å². The van der Waals surface area contributed by atoms with Crippen molar-refractivity contribution in [1.82, 2.24) is 0 Å². The van der Waals surface area contributed by atoms with Gasteiger partial charge in [0.2, 0.25) is 0 Å². The molecular formula is C10H13NO4. The molecule has 3 N–H and O–H groups in total. The molecule has 1 unspecified atom stereocenters. The van der Waals surface area contributed by atoms with Gasteiger partial charge in [-0.2, -0.15) is 0 Å². The van der Waals surface area contributed by atoms with Crippen LogP contribution in [0.25, 0.3) is 0 Å². The van der Waals surface area contributed by atoms with Crippen LogP contribution in [-0.2, 0) is 14.4 Å². The first-order valence-electron chi connectivity index (χ1n) is 4.39. The lowest BCUT2D eigenvalue weighted by Gasteiger charge is -2.14. The van der Waals surface area contributed by atoms with Crippen LogP contribution in [0.3, 0.4) is 0 Å². The van der Waals surface area contributed by atoms with Crippen LogP contribution in [-0.4, -0.2) is 18.2 Å². The molecule has 15 heavy (non-hydrogen) atoms. The molecule has 0 saturated carbocycles. The number of carbonyl (C=O) groups is 1. The Kier molecular flexibility index (Phi) is 4.08. The van der Waals surface area contributed by atoms with E-state index in [9.17, 15) is 9.90 Å². The zero-order chi connectivity index (χ0) is 11.3. The Morgan fingerprint density at radius 2 is 2.20 bits per heavy atom. The molecule has 1 rings (SSSR count). The SMILES string of the molecule is COC(=O)CC(ON)c1ccccc1O. The highest BCUT2D eigenvalue weighted by Crippen LogP contribution is 2.27. The Morgan fingerprint density at radius 3 is 2.73 bits per heavy atom. The van der Waals surface area contributed by atoms with Gasteiger partial charge >= 0.3 is 5.97 Å². The van der Waals surface area contributed by atoms with Crippen LogP contribution in [0.4, 0.5) is 0 Å². The summed E-state index contributed by atoms with van der Waals surface area (Å²) in [4.78, 5) is 15.7. The number of phenols is 1. The molecule has 1 aromatic rings. The van der Waals surface area contributed by atoms with Gasteiger partial charge in [0.25, 0.3) is 0 Å². The number of ether oxygens (including phenoxy) is 1. The zero-order valence-corrected chi connectivity index (χ0v) is 8.34. The summed E-state index contributed by atoms with van der Waals surface area (Å²) in [6.07, 6.45) is -0.733. The molecule has 0 aromatic heterocycles.